The Morgan fingerprint density at radius 3 is 0.929 bits per heavy atom. The summed E-state index contributed by atoms with van der Waals surface area (Å²) < 4.78 is 44.9. The smallest absolute Gasteiger partial charge is 0.123 e. The van der Waals surface area contributed by atoms with Crippen LogP contribution in [0.15, 0.2) is 84.9 Å². The van der Waals surface area contributed by atoms with Crippen molar-refractivity contribution in [3.05, 3.63) is 198 Å². The molecule has 11 rings (SSSR count). The second-order valence-corrected chi connectivity index (χ2v) is 32.3. The normalized spacial score (nSPS) is 14.3. The van der Waals surface area contributed by atoms with Gasteiger partial charge in [-0.05, 0) is 270 Å². The van der Waals surface area contributed by atoms with Gasteiger partial charge in [0.05, 0.1) is 26.4 Å². The molecule has 4 fully saturated rings. The molecule has 4 saturated heterocycles. The van der Waals surface area contributed by atoms with Crippen molar-refractivity contribution in [3.63, 3.8) is 0 Å². The zero-order valence-corrected chi connectivity index (χ0v) is 76.3. The van der Waals surface area contributed by atoms with Gasteiger partial charge in [-0.15, -0.1) is 0 Å². The van der Waals surface area contributed by atoms with Gasteiger partial charge in [-0.1, -0.05) is 138 Å². The van der Waals surface area contributed by atoms with E-state index in [0.717, 1.165) is 280 Å². The fraction of sp³-hybridized carbons (Fsp3) is 0.533. The van der Waals surface area contributed by atoms with Crippen LogP contribution in [-0.4, -0.2) is 222 Å². The van der Waals surface area contributed by atoms with Crippen LogP contribution in [-0.2, 0) is 9.47 Å². The monoisotopic (exact) mass is 1700 g/mol. The third-order valence-electron chi connectivity index (χ3n) is 19.8. The van der Waals surface area contributed by atoms with Crippen LogP contribution in [0.3, 0.4) is 0 Å². The van der Waals surface area contributed by atoms with Crippen LogP contribution in [0.4, 0.5) is 5.69 Å². The van der Waals surface area contributed by atoms with Crippen LogP contribution >= 0.6 is 81.2 Å². The number of morpholine rings is 2. The highest BCUT2D eigenvalue weighted by Crippen LogP contribution is 2.33. The number of hydrogen-bond acceptors (Lipinski definition) is 16. The summed E-state index contributed by atoms with van der Waals surface area (Å²) in [5, 5.41) is 8.79. The van der Waals surface area contributed by atoms with E-state index >= 15 is 0 Å². The third kappa shape index (κ3) is 36.3. The Hall–Kier alpha value is -5.19. The molecule has 7 aromatic carbocycles. The number of likely N-dealkylation sites (N-methyl/N-ethyl adjacent to an activating group) is 2. The van der Waals surface area contributed by atoms with Gasteiger partial charge in [0.15, 0.2) is 0 Å². The number of benzene rings is 7. The Morgan fingerprint density at radius 2 is 0.611 bits per heavy atom. The van der Waals surface area contributed by atoms with Crippen LogP contribution in [0.5, 0.6) is 34.5 Å². The first kappa shape index (κ1) is 98.4. The number of anilines is 1. The standard InChI is InChI=1S/C14H21ClN2O.C14H20ClNO2.C14H20ClNO.C14H22ClNO.C12H16ClNO.C12H18ClNO.C10H14ClNO/c1-11-9-12(2)14(10-13(11)15)18-8-7-17-5-3-16-4-6-17;1-11-9-12(2)14(10-13(11)15)18-8-5-16-3-6-17-7-4-16;1-11-9-12(2)14(10-13(11)15)17-8-7-16-5-3-4-6-16;1-5-16(6-2)7-8-17-14-10-13(15)11(3)9-12(14)4;1-9-7-10(2)12(8-11(9)13)14-3-5-15-6-4-14;1-9-7-10(2)12(8-11(9)13)15-6-5-14(3)4;1-7-5-8(2)10(6-9(7)11)13-4-3-12/h9-10,16H,3-8H2,1-2H3;9-10H,3-8H2,1-2H3;9-10H,3-8H2,1-2H3;9-10H,5-8H2,1-4H3;7-8H,3-6H2,1-2H3;7-8H,5-6H2,1-4H3;5-6H,3-4,12H2,1-2H3. The van der Waals surface area contributed by atoms with Gasteiger partial charge in [0.1, 0.15) is 74.1 Å². The topological polar surface area (TPSA) is 131 Å². The number of piperazine rings is 1. The van der Waals surface area contributed by atoms with Crippen LogP contribution in [0.2, 0.25) is 35.2 Å². The number of rotatable bonds is 26. The highest BCUT2D eigenvalue weighted by atomic mass is 35.5. The summed E-state index contributed by atoms with van der Waals surface area (Å²) >= 11 is 42.6. The lowest BCUT2D eigenvalue weighted by Crippen LogP contribution is -2.44. The number of nitrogens with zero attached hydrogens (tertiary/aromatic N) is 6. The van der Waals surface area contributed by atoms with Crippen LogP contribution < -0.4 is 44.4 Å². The fourth-order valence-corrected chi connectivity index (χ4v) is 13.8. The SMILES string of the molecule is CCN(CC)CCOc1cc(Cl)c(C)cc1C.Cc1cc(C)c(N2CCOCC2)cc1Cl.Cc1cc(C)c(OCCN(C)C)cc1Cl.Cc1cc(C)c(OCCN)cc1Cl.Cc1cc(C)c(OCCN2CCCC2)cc1Cl.Cc1cc(C)c(OCCN2CCNCC2)cc1Cl.Cc1cc(C)c(OCCN2CCOCC2)cc1Cl. The Labute approximate surface area is 714 Å². The van der Waals surface area contributed by atoms with Crippen molar-refractivity contribution in [1.29, 1.82) is 0 Å². The van der Waals surface area contributed by atoms with Crippen molar-refractivity contribution in [2.24, 2.45) is 5.73 Å². The van der Waals surface area contributed by atoms with E-state index in [9.17, 15) is 0 Å². The summed E-state index contributed by atoms with van der Waals surface area (Å²) in [5.41, 5.74) is 22.4. The average molecular weight is 1700 g/mol. The van der Waals surface area contributed by atoms with Crippen molar-refractivity contribution in [3.8, 4) is 34.5 Å². The number of hydrogen-bond donors (Lipinski definition) is 2. The lowest BCUT2D eigenvalue weighted by atomic mass is 10.1. The minimum atomic E-state index is 0.519. The van der Waals surface area contributed by atoms with Crippen molar-refractivity contribution in [2.75, 3.05) is 203 Å². The quantitative estimate of drug-likeness (QED) is 0.0533. The number of nitrogens with two attached hydrogens (primary N) is 1. The molecule has 0 atom stereocenters. The predicted molar refractivity (Wildman–Crippen MR) is 480 cm³/mol. The number of likely N-dealkylation sites (tertiary alicyclic amines) is 1. The van der Waals surface area contributed by atoms with E-state index in [-0.39, 0.29) is 0 Å². The predicted octanol–water partition coefficient (Wildman–Crippen LogP) is 20.0. The number of aryl methyl sites for hydroxylation is 14. The highest BCUT2D eigenvalue weighted by Gasteiger charge is 2.18. The highest BCUT2D eigenvalue weighted by molar-refractivity contribution is 6.33. The van der Waals surface area contributed by atoms with Crippen LogP contribution in [0.25, 0.3) is 0 Å². The molecule has 3 N–H and O–H groups in total. The van der Waals surface area contributed by atoms with Gasteiger partial charge < -0.3 is 63.6 Å². The van der Waals surface area contributed by atoms with Gasteiger partial charge in [0, 0.05) is 132 Å². The van der Waals surface area contributed by atoms with Crippen molar-refractivity contribution >= 4 is 86.9 Å². The molecule has 0 radical (unpaired) electrons. The minimum absolute atomic E-state index is 0.519. The third-order valence-corrected chi connectivity index (χ3v) is 22.7. The second-order valence-electron chi connectivity index (χ2n) is 29.5. The zero-order chi connectivity index (χ0) is 83.1. The number of ether oxygens (including phenoxy) is 8. The van der Waals surface area contributed by atoms with Crippen LogP contribution in [0, 0.1) is 96.9 Å². The number of nitrogens with one attached hydrogen (secondary N) is 1. The van der Waals surface area contributed by atoms with E-state index in [1.165, 1.54) is 37.2 Å². The summed E-state index contributed by atoms with van der Waals surface area (Å²) in [4.78, 5) is 14.0. The molecule has 0 aromatic heterocycles. The molecule has 4 aliphatic rings. The average Bonchev–Trinajstić information content (AvgIpc) is 0.865. The Balaban J connectivity index is 0.000000236. The molecule has 4 heterocycles. The first-order valence-electron chi connectivity index (χ1n) is 39.9. The lowest BCUT2D eigenvalue weighted by Gasteiger charge is -2.30. The Morgan fingerprint density at radius 1 is 0.336 bits per heavy atom. The van der Waals surface area contributed by atoms with Crippen molar-refractivity contribution < 1.29 is 37.9 Å². The number of halogens is 7. The Kier molecular flexibility index (Phi) is 46.4. The van der Waals surface area contributed by atoms with Crippen molar-refractivity contribution in [1.82, 2.24) is 29.8 Å². The Bertz CT molecular complexity index is 3820. The first-order chi connectivity index (χ1) is 53.9. The molecule has 4 aliphatic heterocycles. The fourth-order valence-electron chi connectivity index (χ4n) is 12.7. The van der Waals surface area contributed by atoms with Gasteiger partial charge in [0.2, 0.25) is 0 Å². The summed E-state index contributed by atoms with van der Waals surface area (Å²) in [6.07, 6.45) is 2.66. The van der Waals surface area contributed by atoms with Gasteiger partial charge in [-0.2, -0.15) is 0 Å². The van der Waals surface area contributed by atoms with Gasteiger partial charge in [-0.3, -0.25) is 14.7 Å². The molecule has 0 aliphatic carbocycles. The molecular weight excluding hydrogens is 1570 g/mol. The molecular formula is C90H131Cl7N8O8. The second kappa shape index (κ2) is 53.3. The molecule has 0 bridgehead atoms. The van der Waals surface area contributed by atoms with E-state index in [1.807, 2.05) is 132 Å². The lowest BCUT2D eigenvalue weighted by molar-refractivity contribution is 0.0322. The maximum absolute atomic E-state index is 6.15. The van der Waals surface area contributed by atoms with Crippen LogP contribution in [0.1, 0.15) is 105 Å². The molecule has 0 unspecified atom stereocenters. The summed E-state index contributed by atoms with van der Waals surface area (Å²) in [6, 6.07) is 27.9. The van der Waals surface area contributed by atoms with Gasteiger partial charge in [0.25, 0.3) is 0 Å². The molecule has 113 heavy (non-hydrogen) atoms. The maximum atomic E-state index is 6.15. The molecule has 16 nitrogen and oxygen atoms in total. The summed E-state index contributed by atoms with van der Waals surface area (Å²) in [5.74, 6) is 5.31. The first-order valence-corrected chi connectivity index (χ1v) is 42.6. The minimum Gasteiger partial charge on any atom is -0.492 e. The molecule has 0 saturated carbocycles. The largest absolute Gasteiger partial charge is 0.492 e. The van der Waals surface area contributed by atoms with E-state index in [0.29, 0.717) is 33.0 Å². The molecule has 23 heteroatoms. The summed E-state index contributed by atoms with van der Waals surface area (Å²) in [6.45, 7) is 58.3. The van der Waals surface area contributed by atoms with Gasteiger partial charge in [-0.25, -0.2) is 0 Å². The molecule has 0 spiro atoms. The van der Waals surface area contributed by atoms with E-state index in [2.05, 4.69) is 113 Å². The summed E-state index contributed by atoms with van der Waals surface area (Å²) in [7, 11) is 4.05. The molecule has 0 amide bonds. The maximum Gasteiger partial charge on any atom is 0.123 e. The molecule has 7 aromatic rings. The van der Waals surface area contributed by atoms with E-state index in [4.69, 9.17) is 125 Å². The van der Waals surface area contributed by atoms with Crippen molar-refractivity contribution in [2.45, 2.75) is 124 Å². The van der Waals surface area contributed by atoms with E-state index in [1.54, 1.807) is 0 Å². The zero-order valence-electron chi connectivity index (χ0n) is 71.0. The molecule has 628 valence electrons. The van der Waals surface area contributed by atoms with E-state index < -0.39 is 0 Å². The van der Waals surface area contributed by atoms with Gasteiger partial charge >= 0.3 is 0 Å².